The summed E-state index contributed by atoms with van der Waals surface area (Å²) in [4.78, 5) is 2.99. The number of nitrogens with zero attached hydrogens (tertiary/aromatic N) is 1. The molecule has 0 bridgehead atoms. The van der Waals surface area contributed by atoms with Crippen LogP contribution in [0.15, 0.2) is 0 Å². The molecule has 2 saturated carbocycles. The first-order valence-electron chi connectivity index (χ1n) is 8.19. The molecule has 0 radical (unpaired) electrons. The van der Waals surface area contributed by atoms with Crippen molar-refractivity contribution in [2.75, 3.05) is 6.54 Å². The number of hydrogen-bond donors (Lipinski definition) is 0. The Morgan fingerprint density at radius 2 is 1.47 bits per heavy atom. The monoisotopic (exact) mass is 233 g/mol. The van der Waals surface area contributed by atoms with E-state index in [1.807, 2.05) is 0 Å². The quantitative estimate of drug-likeness (QED) is 0.614. The van der Waals surface area contributed by atoms with Crippen molar-refractivity contribution in [1.82, 2.24) is 4.90 Å². The van der Waals surface area contributed by atoms with Gasteiger partial charge in [0, 0.05) is 12.1 Å². The molecule has 0 spiro atoms. The number of hydrogen-bond acceptors (Lipinski definition) is 1. The van der Waals surface area contributed by atoms with Gasteiger partial charge in [0.2, 0.25) is 0 Å². The van der Waals surface area contributed by atoms with Gasteiger partial charge in [-0.25, -0.2) is 0 Å². The summed E-state index contributed by atoms with van der Waals surface area (Å²) in [6, 6.07) is 2.02. The van der Waals surface area contributed by atoms with Crippen LogP contribution in [0.25, 0.3) is 0 Å². The average Bonchev–Trinajstić information content (AvgIpc) is 2.86. The van der Waals surface area contributed by atoms with E-state index < -0.39 is 0 Å². The Morgan fingerprint density at radius 3 is 2.47 bits per heavy atom. The van der Waals surface area contributed by atoms with Crippen LogP contribution in [0.2, 0.25) is 0 Å². The molecule has 0 aromatic carbocycles. The predicted octanol–water partition coefficient (Wildman–Crippen LogP) is 3.83. The van der Waals surface area contributed by atoms with Gasteiger partial charge >= 0.3 is 0 Å². The summed E-state index contributed by atoms with van der Waals surface area (Å²) >= 11 is 0. The van der Waals surface area contributed by atoms with Gasteiger partial charge in [0.05, 0.1) is 0 Å². The maximum absolute atomic E-state index is 2.99. The molecule has 2 aliphatic carbocycles. The zero-order chi connectivity index (χ0) is 11.2. The number of rotatable bonds is 0. The maximum Gasteiger partial charge on any atom is 0.0129 e. The summed E-state index contributed by atoms with van der Waals surface area (Å²) in [6.07, 6.45) is 15.4. The summed E-state index contributed by atoms with van der Waals surface area (Å²) < 4.78 is 0. The standard InChI is InChI=1S/C16H27N/c1-2-6-14-12(4-1)10-11-17-15-7-3-5-13(15)8-9-16(14)17/h12-16H,1-11H2/t12?,13-,14-,15+,16+/m0/s1. The lowest BCUT2D eigenvalue weighted by molar-refractivity contribution is -0.0442. The smallest absolute Gasteiger partial charge is 0.0129 e. The Kier molecular flexibility index (Phi) is 2.72. The van der Waals surface area contributed by atoms with E-state index in [1.165, 1.54) is 38.6 Å². The van der Waals surface area contributed by atoms with Crippen LogP contribution < -0.4 is 0 Å². The van der Waals surface area contributed by atoms with Crippen LogP contribution in [0, 0.1) is 17.8 Å². The van der Waals surface area contributed by atoms with Gasteiger partial charge in [0.15, 0.2) is 0 Å². The summed E-state index contributed by atoms with van der Waals surface area (Å²) in [5.74, 6) is 3.30. The molecule has 0 amide bonds. The van der Waals surface area contributed by atoms with Gasteiger partial charge < -0.3 is 0 Å². The molecule has 17 heavy (non-hydrogen) atoms. The first-order chi connectivity index (χ1) is 8.43. The molecule has 96 valence electrons. The minimum atomic E-state index is 1.01. The lowest BCUT2D eigenvalue weighted by Gasteiger charge is -2.54. The molecule has 0 N–H and O–H groups in total. The van der Waals surface area contributed by atoms with E-state index in [-0.39, 0.29) is 0 Å². The van der Waals surface area contributed by atoms with Crippen molar-refractivity contribution in [2.24, 2.45) is 17.8 Å². The molecule has 5 atom stereocenters. The van der Waals surface area contributed by atoms with E-state index in [4.69, 9.17) is 0 Å². The third-order valence-corrected chi connectivity index (χ3v) is 6.52. The van der Waals surface area contributed by atoms with E-state index in [1.54, 1.807) is 32.1 Å². The van der Waals surface area contributed by atoms with E-state index in [0.717, 1.165) is 29.8 Å². The van der Waals surface area contributed by atoms with E-state index in [2.05, 4.69) is 4.90 Å². The zero-order valence-corrected chi connectivity index (χ0v) is 11.1. The largest absolute Gasteiger partial charge is 0.297 e. The maximum atomic E-state index is 2.99. The SMILES string of the molecule is C1CC[C@H]2C(C1)CCN1[C@@H]3CCC[C@H]3CC[C@H]21. The second kappa shape index (κ2) is 4.26. The summed E-state index contributed by atoms with van der Waals surface area (Å²) in [5, 5.41) is 0. The molecule has 1 nitrogen and oxygen atoms in total. The topological polar surface area (TPSA) is 3.24 Å². The summed E-state index contributed by atoms with van der Waals surface area (Å²) in [7, 11) is 0. The Morgan fingerprint density at radius 1 is 0.588 bits per heavy atom. The first kappa shape index (κ1) is 10.8. The Bertz CT molecular complexity index is 287. The number of piperidine rings is 2. The number of fused-ring (bicyclic) bond motifs is 5. The lowest BCUT2D eigenvalue weighted by atomic mass is 9.67. The highest BCUT2D eigenvalue weighted by atomic mass is 15.2. The Hall–Kier alpha value is -0.0400. The molecule has 1 unspecified atom stereocenters. The van der Waals surface area contributed by atoms with Crippen molar-refractivity contribution in [2.45, 2.75) is 76.3 Å². The highest BCUT2D eigenvalue weighted by Crippen LogP contribution is 2.48. The van der Waals surface area contributed by atoms with Gasteiger partial charge in [-0.2, -0.15) is 0 Å². The van der Waals surface area contributed by atoms with Crippen LogP contribution in [-0.2, 0) is 0 Å². The van der Waals surface area contributed by atoms with Crippen molar-refractivity contribution in [1.29, 1.82) is 0 Å². The van der Waals surface area contributed by atoms with Crippen molar-refractivity contribution in [3.8, 4) is 0 Å². The van der Waals surface area contributed by atoms with Gasteiger partial charge in [0.25, 0.3) is 0 Å². The minimum absolute atomic E-state index is 1.01. The van der Waals surface area contributed by atoms with Gasteiger partial charge in [-0.1, -0.05) is 25.7 Å². The Labute approximate surface area is 106 Å². The van der Waals surface area contributed by atoms with Crippen LogP contribution in [0.5, 0.6) is 0 Å². The molecule has 0 aromatic heterocycles. The molecule has 4 aliphatic rings. The van der Waals surface area contributed by atoms with E-state index >= 15 is 0 Å². The molecule has 1 heteroatoms. The van der Waals surface area contributed by atoms with Crippen LogP contribution >= 0.6 is 0 Å². The van der Waals surface area contributed by atoms with Crippen molar-refractivity contribution < 1.29 is 0 Å². The molecular weight excluding hydrogens is 206 g/mol. The fourth-order valence-electron chi connectivity index (χ4n) is 5.80. The summed E-state index contributed by atoms with van der Waals surface area (Å²) in [5.41, 5.74) is 0. The molecule has 2 saturated heterocycles. The molecule has 2 heterocycles. The second-order valence-electron chi connectivity index (χ2n) is 7.14. The fraction of sp³-hybridized carbons (Fsp3) is 1.00. The normalized spacial score (nSPS) is 50.5. The zero-order valence-electron chi connectivity index (χ0n) is 11.1. The first-order valence-corrected chi connectivity index (χ1v) is 8.19. The summed E-state index contributed by atoms with van der Waals surface area (Å²) in [6.45, 7) is 1.45. The van der Waals surface area contributed by atoms with Gasteiger partial charge in [0.1, 0.15) is 0 Å². The third kappa shape index (κ3) is 1.69. The van der Waals surface area contributed by atoms with Crippen LogP contribution in [0.1, 0.15) is 64.2 Å². The molecule has 2 aliphatic heterocycles. The van der Waals surface area contributed by atoms with Crippen molar-refractivity contribution in [3.63, 3.8) is 0 Å². The van der Waals surface area contributed by atoms with Gasteiger partial charge in [-0.3, -0.25) is 4.90 Å². The molecule has 4 fully saturated rings. The highest BCUT2D eigenvalue weighted by molar-refractivity contribution is 5.00. The molecule has 0 aromatic rings. The second-order valence-corrected chi connectivity index (χ2v) is 7.14. The van der Waals surface area contributed by atoms with Crippen molar-refractivity contribution >= 4 is 0 Å². The average molecular weight is 233 g/mol. The van der Waals surface area contributed by atoms with E-state index in [9.17, 15) is 0 Å². The fourth-order valence-corrected chi connectivity index (χ4v) is 5.80. The van der Waals surface area contributed by atoms with Gasteiger partial charge in [-0.05, 0) is 62.8 Å². The predicted molar refractivity (Wildman–Crippen MR) is 70.9 cm³/mol. The molecule has 4 rings (SSSR count). The van der Waals surface area contributed by atoms with Crippen molar-refractivity contribution in [3.05, 3.63) is 0 Å². The highest BCUT2D eigenvalue weighted by Gasteiger charge is 2.46. The van der Waals surface area contributed by atoms with Gasteiger partial charge in [-0.15, -0.1) is 0 Å². The van der Waals surface area contributed by atoms with Crippen LogP contribution in [-0.4, -0.2) is 23.5 Å². The third-order valence-electron chi connectivity index (χ3n) is 6.52. The lowest BCUT2D eigenvalue weighted by Crippen LogP contribution is -2.57. The Balaban J connectivity index is 1.56. The van der Waals surface area contributed by atoms with Crippen LogP contribution in [0.4, 0.5) is 0 Å². The van der Waals surface area contributed by atoms with E-state index in [0.29, 0.717) is 0 Å². The molecular formula is C16H27N. The van der Waals surface area contributed by atoms with Crippen LogP contribution in [0.3, 0.4) is 0 Å². The minimum Gasteiger partial charge on any atom is -0.297 e.